The first-order valence-electron chi connectivity index (χ1n) is 9.91. The van der Waals surface area contributed by atoms with Crippen LogP contribution in [0.15, 0.2) is 48.5 Å². The third kappa shape index (κ3) is 4.77. The largest absolute Gasteiger partial charge is 0.497 e. The summed E-state index contributed by atoms with van der Waals surface area (Å²) in [5, 5.41) is 7.43. The van der Waals surface area contributed by atoms with Crippen LogP contribution in [0.5, 0.6) is 5.75 Å². The molecule has 158 valence electrons. The van der Waals surface area contributed by atoms with Crippen molar-refractivity contribution >= 4 is 18.1 Å². The van der Waals surface area contributed by atoms with E-state index in [0.717, 1.165) is 35.8 Å². The molecule has 0 saturated heterocycles. The highest BCUT2D eigenvalue weighted by Crippen LogP contribution is 2.21. The Morgan fingerprint density at radius 2 is 1.83 bits per heavy atom. The van der Waals surface area contributed by atoms with Gasteiger partial charge in [0.1, 0.15) is 12.3 Å². The summed E-state index contributed by atoms with van der Waals surface area (Å²) < 4.78 is 9.88. The van der Waals surface area contributed by atoms with Crippen LogP contribution in [0.4, 0.5) is 0 Å². The van der Waals surface area contributed by atoms with Gasteiger partial charge in [-0.05, 0) is 55.5 Å². The lowest BCUT2D eigenvalue weighted by molar-refractivity contribution is -0.917. The van der Waals surface area contributed by atoms with Gasteiger partial charge in [0.25, 0.3) is 5.91 Å². The molecule has 0 radical (unpaired) electrons. The Labute approximate surface area is 181 Å². The van der Waals surface area contributed by atoms with Crippen LogP contribution in [0.25, 0.3) is 11.4 Å². The van der Waals surface area contributed by atoms with Crippen LogP contribution in [0.1, 0.15) is 22.8 Å². The Morgan fingerprint density at radius 3 is 2.40 bits per heavy atom. The van der Waals surface area contributed by atoms with Gasteiger partial charge < -0.3 is 19.5 Å². The molecule has 2 aromatic carbocycles. The topological polar surface area (TPSA) is 65.5 Å². The molecular weight excluding hydrogens is 398 g/mol. The lowest BCUT2D eigenvalue weighted by Gasteiger charge is -2.14. The maximum atomic E-state index is 11.7. The summed E-state index contributed by atoms with van der Waals surface area (Å²) >= 11 is 5.68. The average Bonchev–Trinajstić information content (AvgIpc) is 3.08. The highest BCUT2D eigenvalue weighted by molar-refractivity contribution is 7.71. The predicted octanol–water partition coefficient (Wildman–Crippen LogP) is 2.14. The third-order valence-electron chi connectivity index (χ3n) is 4.96. The van der Waals surface area contributed by atoms with E-state index in [1.165, 1.54) is 4.90 Å². The minimum Gasteiger partial charge on any atom is -0.497 e. The molecule has 0 aliphatic heterocycles. The SMILES string of the molecule is CCn1c(-c2ccc(OC)cc2)nn(C[NH+](C)Cc2ccc(C(=O)NC)cc2)c1=S. The van der Waals surface area contributed by atoms with E-state index in [9.17, 15) is 4.79 Å². The molecule has 1 unspecified atom stereocenters. The van der Waals surface area contributed by atoms with Crippen LogP contribution in [-0.4, -0.2) is 41.5 Å². The zero-order chi connectivity index (χ0) is 21.7. The highest BCUT2D eigenvalue weighted by Gasteiger charge is 2.15. The number of amides is 1. The van der Waals surface area contributed by atoms with Crippen molar-refractivity contribution in [1.29, 1.82) is 0 Å². The Kier molecular flexibility index (Phi) is 7.02. The van der Waals surface area contributed by atoms with E-state index in [2.05, 4.69) is 19.3 Å². The number of ether oxygens (including phenoxy) is 1. The number of benzene rings is 2. The first-order chi connectivity index (χ1) is 14.5. The number of hydrogen-bond acceptors (Lipinski definition) is 4. The van der Waals surface area contributed by atoms with Gasteiger partial charge in [-0.25, -0.2) is 0 Å². The molecule has 0 saturated carbocycles. The van der Waals surface area contributed by atoms with Crippen molar-refractivity contribution in [3.05, 3.63) is 64.4 Å². The Bertz CT molecular complexity index is 1050. The summed E-state index contributed by atoms with van der Waals surface area (Å²) in [4.78, 5) is 12.9. The molecule has 0 spiro atoms. The number of quaternary nitrogens is 1. The quantitative estimate of drug-likeness (QED) is 0.542. The lowest BCUT2D eigenvalue weighted by Crippen LogP contribution is -3.07. The summed E-state index contributed by atoms with van der Waals surface area (Å²) in [6.07, 6.45) is 0. The fraction of sp³-hybridized carbons (Fsp3) is 0.318. The second kappa shape index (κ2) is 9.69. The standard InChI is InChI=1S/C22H27N5O2S/c1-5-26-20(17-10-12-19(29-4)13-11-17)24-27(22(26)30)15-25(3)14-16-6-8-18(9-7-16)21(28)23-2/h6-13H,5,14-15H2,1-4H3,(H,23,28)/p+1. The molecule has 2 N–H and O–H groups in total. The van der Waals surface area contributed by atoms with Crippen molar-refractivity contribution in [2.75, 3.05) is 21.2 Å². The van der Waals surface area contributed by atoms with E-state index in [0.29, 0.717) is 17.0 Å². The lowest BCUT2D eigenvalue weighted by atomic mass is 10.1. The third-order valence-corrected chi connectivity index (χ3v) is 5.39. The van der Waals surface area contributed by atoms with E-state index in [1.807, 2.05) is 57.8 Å². The normalized spacial score (nSPS) is 11.9. The van der Waals surface area contributed by atoms with Gasteiger partial charge in [-0.3, -0.25) is 4.79 Å². The Hall–Kier alpha value is -2.97. The smallest absolute Gasteiger partial charge is 0.251 e. The second-order valence-corrected chi connectivity index (χ2v) is 7.51. The Morgan fingerprint density at radius 1 is 1.17 bits per heavy atom. The van der Waals surface area contributed by atoms with Crippen LogP contribution in [0.3, 0.4) is 0 Å². The molecule has 3 rings (SSSR count). The van der Waals surface area contributed by atoms with Crippen molar-refractivity contribution in [1.82, 2.24) is 19.7 Å². The van der Waals surface area contributed by atoms with E-state index < -0.39 is 0 Å². The number of nitrogens with one attached hydrogen (secondary N) is 2. The van der Waals surface area contributed by atoms with Gasteiger partial charge in [-0.1, -0.05) is 12.1 Å². The molecule has 0 aliphatic rings. The number of carbonyl (C=O) groups is 1. The van der Waals surface area contributed by atoms with Gasteiger partial charge >= 0.3 is 0 Å². The predicted molar refractivity (Wildman–Crippen MR) is 119 cm³/mol. The van der Waals surface area contributed by atoms with Crippen molar-refractivity contribution < 1.29 is 14.4 Å². The van der Waals surface area contributed by atoms with Crippen molar-refractivity contribution in [3.63, 3.8) is 0 Å². The molecule has 1 atom stereocenters. The number of rotatable bonds is 8. The van der Waals surface area contributed by atoms with Crippen LogP contribution in [-0.2, 0) is 19.8 Å². The molecule has 30 heavy (non-hydrogen) atoms. The second-order valence-electron chi connectivity index (χ2n) is 7.15. The summed E-state index contributed by atoms with van der Waals surface area (Å²) in [5.74, 6) is 1.59. The number of nitrogens with zero attached hydrogens (tertiary/aromatic N) is 3. The van der Waals surface area contributed by atoms with Gasteiger partial charge in [0.05, 0.1) is 14.2 Å². The number of methoxy groups -OCH3 is 1. The van der Waals surface area contributed by atoms with Gasteiger partial charge in [0.15, 0.2) is 12.5 Å². The molecule has 1 heterocycles. The molecule has 8 heteroatoms. The molecule has 3 aromatic rings. The van der Waals surface area contributed by atoms with Gasteiger partial charge in [-0.2, -0.15) is 4.68 Å². The van der Waals surface area contributed by atoms with Crippen LogP contribution >= 0.6 is 12.2 Å². The van der Waals surface area contributed by atoms with Gasteiger partial charge in [0.2, 0.25) is 4.77 Å². The maximum absolute atomic E-state index is 11.7. The van der Waals surface area contributed by atoms with Gasteiger partial charge in [0, 0.05) is 30.3 Å². The number of aromatic nitrogens is 3. The first-order valence-corrected chi connectivity index (χ1v) is 10.3. The first kappa shape index (κ1) is 21.7. The maximum Gasteiger partial charge on any atom is 0.251 e. The molecule has 0 aliphatic carbocycles. The van der Waals surface area contributed by atoms with Crippen LogP contribution in [0, 0.1) is 4.77 Å². The van der Waals surface area contributed by atoms with E-state index in [-0.39, 0.29) is 5.91 Å². The van der Waals surface area contributed by atoms with E-state index >= 15 is 0 Å². The molecule has 1 aromatic heterocycles. The zero-order valence-electron chi connectivity index (χ0n) is 17.8. The summed E-state index contributed by atoms with van der Waals surface area (Å²) in [6, 6.07) is 15.5. The number of carbonyl (C=O) groups excluding carboxylic acids is 1. The molecule has 0 bridgehead atoms. The molecule has 0 fully saturated rings. The van der Waals surface area contributed by atoms with E-state index in [1.54, 1.807) is 14.2 Å². The fourth-order valence-electron chi connectivity index (χ4n) is 3.36. The minimum absolute atomic E-state index is 0.0790. The summed E-state index contributed by atoms with van der Waals surface area (Å²) in [7, 11) is 5.39. The summed E-state index contributed by atoms with van der Waals surface area (Å²) in [5.41, 5.74) is 2.81. The minimum atomic E-state index is -0.0790. The Balaban J connectivity index is 1.76. The fourth-order valence-corrected chi connectivity index (χ4v) is 3.68. The number of hydrogen-bond donors (Lipinski definition) is 2. The van der Waals surface area contributed by atoms with Crippen LogP contribution in [0.2, 0.25) is 0 Å². The van der Waals surface area contributed by atoms with Crippen LogP contribution < -0.4 is 15.0 Å². The van der Waals surface area contributed by atoms with Crippen molar-refractivity contribution in [3.8, 4) is 17.1 Å². The summed E-state index contributed by atoms with van der Waals surface area (Å²) in [6.45, 7) is 4.26. The van der Waals surface area contributed by atoms with Crippen molar-refractivity contribution in [2.24, 2.45) is 0 Å². The average molecular weight is 427 g/mol. The monoisotopic (exact) mass is 426 g/mol. The molecular formula is C22H28N5O2S+. The highest BCUT2D eigenvalue weighted by atomic mass is 32.1. The molecule has 7 nitrogen and oxygen atoms in total. The van der Waals surface area contributed by atoms with E-state index in [4.69, 9.17) is 22.1 Å². The van der Waals surface area contributed by atoms with Crippen molar-refractivity contribution in [2.45, 2.75) is 26.7 Å². The van der Waals surface area contributed by atoms with Gasteiger partial charge in [-0.15, -0.1) is 5.10 Å². The zero-order valence-corrected chi connectivity index (χ0v) is 18.6. The molecule has 1 amide bonds.